The Labute approximate surface area is 234 Å². The summed E-state index contributed by atoms with van der Waals surface area (Å²) in [4.78, 5) is 22.0. The molecule has 0 radical (unpaired) electrons. The molecule has 0 amide bonds. The first-order valence-corrected chi connectivity index (χ1v) is 12.2. The average Bonchev–Trinajstić information content (AvgIpc) is 3.35. The minimum absolute atomic E-state index is 0. The van der Waals surface area contributed by atoms with E-state index in [9.17, 15) is 28.2 Å². The Bertz CT molecular complexity index is 1300. The van der Waals surface area contributed by atoms with Gasteiger partial charge in [-0.25, -0.2) is 0 Å². The van der Waals surface area contributed by atoms with Gasteiger partial charge in [0.05, 0.1) is 29.8 Å². The Morgan fingerprint density at radius 3 is 2.21 bits per heavy atom. The topological polar surface area (TPSA) is 91.1 Å². The number of carbonyl (C=O) groups excluding carboxylic acids is 1. The zero-order valence-corrected chi connectivity index (χ0v) is 21.8. The summed E-state index contributed by atoms with van der Waals surface area (Å²) in [5.41, 5.74) is 1.92. The molecule has 1 aliphatic heterocycles. The Balaban J connectivity index is 0.00000420. The number of para-hydroxylation sites is 1. The fraction of sp³-hybridized carbons (Fsp3) is 0.276. The molecule has 206 valence electrons. The van der Waals surface area contributed by atoms with Gasteiger partial charge >= 0.3 is 22.7 Å². The number of carbonyl (C=O) groups is 1. The number of hydrogen-bond acceptors (Lipinski definition) is 6. The van der Waals surface area contributed by atoms with Gasteiger partial charge < -0.3 is 15.0 Å². The Hall–Kier alpha value is -3.49. The number of carboxylic acid groups (broad SMARTS) is 1. The summed E-state index contributed by atoms with van der Waals surface area (Å²) in [6.45, 7) is 1.33. The molecule has 0 aliphatic carbocycles. The second-order valence-corrected chi connectivity index (χ2v) is 9.08. The van der Waals surface area contributed by atoms with E-state index >= 15 is 0 Å². The van der Waals surface area contributed by atoms with Crippen LogP contribution in [0.1, 0.15) is 36.0 Å². The van der Waals surface area contributed by atoms with Crippen LogP contribution in [-0.4, -0.2) is 47.3 Å². The van der Waals surface area contributed by atoms with Gasteiger partial charge in [0.25, 0.3) is 0 Å². The van der Waals surface area contributed by atoms with Crippen LogP contribution < -0.4 is 10.2 Å². The number of aliphatic carboxylic acids is 1. The monoisotopic (exact) mass is 579 g/mol. The van der Waals surface area contributed by atoms with Crippen molar-refractivity contribution in [1.82, 2.24) is 4.90 Å². The summed E-state index contributed by atoms with van der Waals surface area (Å²) >= 11 is 0. The molecule has 1 saturated heterocycles. The van der Waals surface area contributed by atoms with E-state index in [0.29, 0.717) is 18.5 Å². The van der Waals surface area contributed by atoms with Crippen LogP contribution in [0.4, 0.5) is 18.9 Å². The van der Waals surface area contributed by atoms with Crippen LogP contribution in [0.5, 0.6) is 0 Å². The van der Waals surface area contributed by atoms with E-state index in [1.54, 1.807) is 54.6 Å². The largest absolute Gasteiger partial charge is 2.00 e. The summed E-state index contributed by atoms with van der Waals surface area (Å²) in [6.07, 6.45) is -4.97. The maximum atomic E-state index is 13.3. The quantitative estimate of drug-likeness (QED) is 0.220. The maximum Gasteiger partial charge on any atom is 2.00 e. The molecule has 1 heterocycles. The van der Waals surface area contributed by atoms with Crippen LogP contribution in [-0.2, 0) is 27.8 Å². The molecule has 4 rings (SSSR count). The molecule has 6 nitrogen and oxygen atoms in total. The third kappa shape index (κ3) is 8.25. The second-order valence-electron chi connectivity index (χ2n) is 9.08. The zero-order chi connectivity index (χ0) is 27.1. The van der Waals surface area contributed by atoms with E-state index in [1.807, 2.05) is 30.3 Å². The minimum atomic E-state index is -4.76. The second kappa shape index (κ2) is 13.5. The Morgan fingerprint density at radius 2 is 1.56 bits per heavy atom. The molecule has 0 bridgehead atoms. The van der Waals surface area contributed by atoms with Crippen LogP contribution in [0.3, 0.4) is 0 Å². The van der Waals surface area contributed by atoms with Crippen molar-refractivity contribution in [2.45, 2.75) is 44.1 Å². The van der Waals surface area contributed by atoms with E-state index in [1.165, 1.54) is 0 Å². The van der Waals surface area contributed by atoms with Crippen LogP contribution in [0.2, 0.25) is 0 Å². The van der Waals surface area contributed by atoms with Gasteiger partial charge in [-0.2, -0.15) is 13.2 Å². The van der Waals surface area contributed by atoms with Crippen molar-refractivity contribution in [3.05, 3.63) is 102 Å². The van der Waals surface area contributed by atoms with Crippen molar-refractivity contribution in [2.24, 2.45) is 9.98 Å². The third-order valence-electron chi connectivity index (χ3n) is 6.30. The van der Waals surface area contributed by atoms with Crippen LogP contribution in [0.25, 0.3) is 0 Å². The van der Waals surface area contributed by atoms with Crippen LogP contribution in [0, 0.1) is 0 Å². The van der Waals surface area contributed by atoms with E-state index in [4.69, 9.17) is 0 Å². The van der Waals surface area contributed by atoms with Gasteiger partial charge in [-0.1, -0.05) is 78.9 Å². The first-order chi connectivity index (χ1) is 18.2. The van der Waals surface area contributed by atoms with Crippen molar-refractivity contribution in [1.29, 1.82) is 0 Å². The molecule has 0 N–H and O–H groups in total. The SMILES string of the molecule is O=C([O-])[C@@H](CC(F)(F)F)N=C(c1ccccc1)c1ccccc1N=C([O-])[C@H]1CCCN1Cc1ccccc1.[Ni+2]. The molecule has 0 spiro atoms. The van der Waals surface area contributed by atoms with E-state index in [0.717, 1.165) is 18.5 Å². The minimum Gasteiger partial charge on any atom is -0.861 e. The van der Waals surface area contributed by atoms with Crippen molar-refractivity contribution < 1.29 is 44.7 Å². The van der Waals surface area contributed by atoms with Gasteiger partial charge in [0, 0.05) is 23.7 Å². The Kier molecular flexibility index (Phi) is 10.4. The number of carboxylic acids is 1. The zero-order valence-electron chi connectivity index (χ0n) is 20.8. The fourth-order valence-electron chi connectivity index (χ4n) is 4.53. The molecule has 0 unspecified atom stereocenters. The predicted octanol–water partition coefficient (Wildman–Crippen LogP) is 3.65. The van der Waals surface area contributed by atoms with Gasteiger partial charge in [-0.3, -0.25) is 14.9 Å². The van der Waals surface area contributed by atoms with Crippen molar-refractivity contribution in [2.75, 3.05) is 6.54 Å². The molecule has 2 atom stereocenters. The summed E-state index contributed by atoms with van der Waals surface area (Å²) in [5, 5.41) is 24.9. The van der Waals surface area contributed by atoms with E-state index < -0.39 is 30.7 Å². The molecule has 39 heavy (non-hydrogen) atoms. The summed E-state index contributed by atoms with van der Waals surface area (Å²) in [7, 11) is 0. The fourth-order valence-corrected chi connectivity index (χ4v) is 4.53. The van der Waals surface area contributed by atoms with Crippen LogP contribution >= 0.6 is 0 Å². The van der Waals surface area contributed by atoms with E-state index in [2.05, 4.69) is 14.9 Å². The molecule has 10 heteroatoms. The Morgan fingerprint density at radius 1 is 0.949 bits per heavy atom. The van der Waals surface area contributed by atoms with Gasteiger partial charge in [0.2, 0.25) is 0 Å². The van der Waals surface area contributed by atoms with Gasteiger partial charge in [0.1, 0.15) is 0 Å². The number of hydrogen-bond donors (Lipinski definition) is 0. The van der Waals surface area contributed by atoms with E-state index in [-0.39, 0.29) is 39.4 Å². The smallest absolute Gasteiger partial charge is 0.861 e. The van der Waals surface area contributed by atoms with Gasteiger partial charge in [0.15, 0.2) is 0 Å². The van der Waals surface area contributed by atoms with Gasteiger partial charge in [-0.15, -0.1) is 0 Å². The number of aliphatic imine (C=N–C) groups is 2. The molecule has 0 aromatic heterocycles. The third-order valence-corrected chi connectivity index (χ3v) is 6.30. The standard InChI is InChI=1S/C29H28F3N3O3.Ni/c30-29(31,32)18-24(28(37)38)33-26(21-12-5-2-6-13-21)22-14-7-8-15-23(22)34-27(36)25-16-9-17-35(25)19-20-10-3-1-4-11-20;/h1-8,10-15,24-25H,9,16-19H2,(H,34,36)(H,37,38);/q;+2/p-2/t24-,25-;/m1./s1. The number of alkyl halides is 3. The molecular weight excluding hydrogens is 554 g/mol. The van der Waals surface area contributed by atoms with Crippen LogP contribution in [0.15, 0.2) is 94.9 Å². The summed E-state index contributed by atoms with van der Waals surface area (Å²) < 4.78 is 39.3. The predicted molar refractivity (Wildman–Crippen MR) is 135 cm³/mol. The van der Waals surface area contributed by atoms with Crippen molar-refractivity contribution >= 4 is 23.3 Å². The van der Waals surface area contributed by atoms with Gasteiger partial charge in [-0.05, 0) is 36.9 Å². The molecule has 1 aliphatic rings. The summed E-state index contributed by atoms with van der Waals surface area (Å²) in [6, 6.07) is 21.8. The number of likely N-dealkylation sites (tertiary alicyclic amines) is 1. The molecule has 0 saturated carbocycles. The summed E-state index contributed by atoms with van der Waals surface area (Å²) in [5.74, 6) is -2.31. The first-order valence-electron chi connectivity index (χ1n) is 12.2. The number of benzene rings is 3. The number of halogens is 3. The molecule has 3 aromatic carbocycles. The normalized spacial score (nSPS) is 17.5. The molecule has 1 fully saturated rings. The number of rotatable bonds is 9. The van der Waals surface area contributed by atoms with Crippen molar-refractivity contribution in [3.8, 4) is 0 Å². The van der Waals surface area contributed by atoms with Crippen molar-refractivity contribution in [3.63, 3.8) is 0 Å². The molecule has 3 aromatic rings. The first kappa shape index (κ1) is 30.1. The maximum absolute atomic E-state index is 13.3. The number of nitrogens with zero attached hydrogens (tertiary/aromatic N) is 3. The molecular formula is C29H26F3N3NiO3. The average molecular weight is 580 g/mol.